The molecule has 0 spiro atoms. The van der Waals surface area contributed by atoms with E-state index in [9.17, 15) is 0 Å². The van der Waals surface area contributed by atoms with E-state index in [0.717, 1.165) is 11.9 Å². The van der Waals surface area contributed by atoms with Gasteiger partial charge in [-0.25, -0.2) is 0 Å². The molecule has 0 N–H and O–H groups in total. The summed E-state index contributed by atoms with van der Waals surface area (Å²) in [6.45, 7) is 3.27. The van der Waals surface area contributed by atoms with E-state index in [4.69, 9.17) is 4.74 Å². The first kappa shape index (κ1) is 13.5. The Morgan fingerprint density at radius 1 is 1.00 bits per heavy atom. The van der Waals surface area contributed by atoms with Crippen LogP contribution in [-0.4, -0.2) is 17.5 Å². The van der Waals surface area contributed by atoms with Gasteiger partial charge in [-0.2, -0.15) is 0 Å². The first-order valence-electron chi connectivity index (χ1n) is 6.47. The minimum atomic E-state index is 0.216. The summed E-state index contributed by atoms with van der Waals surface area (Å²) in [5.74, 6) is 0. The van der Waals surface area contributed by atoms with Crippen LogP contribution in [-0.2, 0) is 4.74 Å². The number of alkyl halides is 1. The van der Waals surface area contributed by atoms with Gasteiger partial charge in [0, 0.05) is 11.9 Å². The second-order valence-corrected chi connectivity index (χ2v) is 5.76. The Morgan fingerprint density at radius 2 is 1.67 bits per heavy atom. The summed E-state index contributed by atoms with van der Waals surface area (Å²) >= 11 is 3.46. The maximum Gasteiger partial charge on any atom is 0.0654 e. The van der Waals surface area contributed by atoms with E-state index in [-0.39, 0.29) is 5.60 Å². The van der Waals surface area contributed by atoms with Crippen molar-refractivity contribution in [2.45, 2.75) is 70.3 Å². The van der Waals surface area contributed by atoms with Gasteiger partial charge in [0.1, 0.15) is 0 Å². The van der Waals surface area contributed by atoms with Crippen molar-refractivity contribution in [3.05, 3.63) is 0 Å². The van der Waals surface area contributed by atoms with Crippen molar-refractivity contribution in [3.63, 3.8) is 0 Å². The van der Waals surface area contributed by atoms with E-state index in [0.29, 0.717) is 0 Å². The average Bonchev–Trinajstić information content (AvgIpc) is 2.24. The van der Waals surface area contributed by atoms with Crippen molar-refractivity contribution >= 4 is 15.9 Å². The average molecular weight is 277 g/mol. The van der Waals surface area contributed by atoms with Crippen LogP contribution in [0.2, 0.25) is 0 Å². The molecule has 0 saturated heterocycles. The van der Waals surface area contributed by atoms with Crippen LogP contribution < -0.4 is 0 Å². The van der Waals surface area contributed by atoms with Crippen LogP contribution in [0.1, 0.15) is 64.7 Å². The molecule has 1 nitrogen and oxygen atoms in total. The maximum absolute atomic E-state index is 6.04. The van der Waals surface area contributed by atoms with Crippen molar-refractivity contribution in [2.75, 3.05) is 11.9 Å². The fourth-order valence-corrected chi connectivity index (χ4v) is 2.71. The number of hydrogen-bond acceptors (Lipinski definition) is 1. The molecule has 0 unspecified atom stereocenters. The third-order valence-electron chi connectivity index (χ3n) is 3.39. The third-order valence-corrected chi connectivity index (χ3v) is 3.95. The normalized spacial score (nSPS) is 20.4. The lowest BCUT2D eigenvalue weighted by Crippen LogP contribution is -2.31. The number of hydrogen-bond donors (Lipinski definition) is 0. The molecule has 0 amide bonds. The second-order valence-electron chi connectivity index (χ2n) is 4.96. The molecule has 0 aromatic heterocycles. The quantitative estimate of drug-likeness (QED) is 0.485. The highest BCUT2D eigenvalue weighted by Crippen LogP contribution is 2.31. The lowest BCUT2D eigenvalue weighted by atomic mass is 9.86. The van der Waals surface area contributed by atoms with Gasteiger partial charge in [0.2, 0.25) is 0 Å². The van der Waals surface area contributed by atoms with Crippen molar-refractivity contribution in [1.82, 2.24) is 0 Å². The molecule has 0 aliphatic heterocycles. The van der Waals surface area contributed by atoms with Crippen molar-refractivity contribution in [2.24, 2.45) is 0 Å². The second kappa shape index (κ2) is 7.67. The first-order chi connectivity index (χ1) is 7.27. The van der Waals surface area contributed by atoms with Gasteiger partial charge in [0.15, 0.2) is 0 Å². The molecule has 0 heterocycles. The zero-order chi connectivity index (χ0) is 11.0. The van der Waals surface area contributed by atoms with Gasteiger partial charge in [-0.15, -0.1) is 0 Å². The molecule has 0 aromatic carbocycles. The largest absolute Gasteiger partial charge is 0.375 e. The Labute approximate surface area is 103 Å². The molecule has 1 fully saturated rings. The standard InChI is InChI=1S/C13H25BrO/c1-13(9-5-4-6-10-13)15-12-8-3-2-7-11-14/h2-12H2,1H3. The molecular weight excluding hydrogens is 252 g/mol. The Kier molecular flexibility index (Phi) is 6.91. The van der Waals surface area contributed by atoms with Crippen LogP contribution in [0.25, 0.3) is 0 Å². The fraction of sp³-hybridized carbons (Fsp3) is 1.00. The number of unbranched alkanes of at least 4 members (excludes halogenated alkanes) is 3. The van der Waals surface area contributed by atoms with Gasteiger partial charge >= 0.3 is 0 Å². The molecular formula is C13H25BrO. The Hall–Kier alpha value is 0.440. The Morgan fingerprint density at radius 3 is 2.33 bits per heavy atom. The Balaban J connectivity index is 1.98. The van der Waals surface area contributed by atoms with Gasteiger partial charge in [0.25, 0.3) is 0 Å². The van der Waals surface area contributed by atoms with E-state index in [1.165, 1.54) is 57.8 Å². The van der Waals surface area contributed by atoms with E-state index in [1.54, 1.807) is 0 Å². The highest BCUT2D eigenvalue weighted by molar-refractivity contribution is 9.09. The third kappa shape index (κ3) is 5.91. The smallest absolute Gasteiger partial charge is 0.0654 e. The van der Waals surface area contributed by atoms with E-state index in [2.05, 4.69) is 22.9 Å². The van der Waals surface area contributed by atoms with Crippen LogP contribution in [0.15, 0.2) is 0 Å². The molecule has 1 aliphatic rings. The number of ether oxygens (including phenoxy) is 1. The van der Waals surface area contributed by atoms with Gasteiger partial charge in [-0.1, -0.05) is 48.0 Å². The van der Waals surface area contributed by atoms with Gasteiger partial charge in [0.05, 0.1) is 5.60 Å². The van der Waals surface area contributed by atoms with Crippen LogP contribution >= 0.6 is 15.9 Å². The summed E-state index contributed by atoms with van der Waals surface area (Å²) in [6.07, 6.45) is 11.9. The number of rotatable bonds is 7. The minimum absolute atomic E-state index is 0.216. The SMILES string of the molecule is CC1(OCCCCCCBr)CCCCC1. The van der Waals surface area contributed by atoms with Crippen LogP contribution in [0, 0.1) is 0 Å². The van der Waals surface area contributed by atoms with Crippen molar-refractivity contribution in [1.29, 1.82) is 0 Å². The summed E-state index contributed by atoms with van der Waals surface area (Å²) in [7, 11) is 0. The minimum Gasteiger partial charge on any atom is -0.375 e. The molecule has 0 aromatic rings. The maximum atomic E-state index is 6.04. The zero-order valence-corrected chi connectivity index (χ0v) is 11.7. The van der Waals surface area contributed by atoms with Crippen molar-refractivity contribution < 1.29 is 4.74 Å². The lowest BCUT2D eigenvalue weighted by molar-refractivity contribution is -0.0574. The fourth-order valence-electron chi connectivity index (χ4n) is 2.31. The van der Waals surface area contributed by atoms with Crippen molar-refractivity contribution in [3.8, 4) is 0 Å². The van der Waals surface area contributed by atoms with Gasteiger partial charge in [-0.3, -0.25) is 0 Å². The number of halogens is 1. The lowest BCUT2D eigenvalue weighted by Gasteiger charge is -2.33. The molecule has 2 heteroatoms. The molecule has 1 aliphatic carbocycles. The monoisotopic (exact) mass is 276 g/mol. The summed E-state index contributed by atoms with van der Waals surface area (Å²) in [4.78, 5) is 0. The van der Waals surface area contributed by atoms with Gasteiger partial charge < -0.3 is 4.74 Å². The van der Waals surface area contributed by atoms with E-state index >= 15 is 0 Å². The summed E-state index contributed by atoms with van der Waals surface area (Å²) in [5.41, 5.74) is 0.216. The molecule has 15 heavy (non-hydrogen) atoms. The molecule has 0 radical (unpaired) electrons. The highest BCUT2D eigenvalue weighted by Gasteiger charge is 2.26. The zero-order valence-electron chi connectivity index (χ0n) is 10.1. The van der Waals surface area contributed by atoms with Gasteiger partial charge in [-0.05, 0) is 32.6 Å². The topological polar surface area (TPSA) is 9.23 Å². The summed E-state index contributed by atoms with van der Waals surface area (Å²) in [5, 5.41) is 1.14. The molecule has 0 bridgehead atoms. The molecule has 1 saturated carbocycles. The van der Waals surface area contributed by atoms with Crippen LogP contribution in [0.4, 0.5) is 0 Å². The van der Waals surface area contributed by atoms with Crippen LogP contribution in [0.5, 0.6) is 0 Å². The molecule has 90 valence electrons. The molecule has 1 rings (SSSR count). The first-order valence-corrected chi connectivity index (χ1v) is 7.59. The summed E-state index contributed by atoms with van der Waals surface area (Å²) < 4.78 is 6.04. The van der Waals surface area contributed by atoms with E-state index < -0.39 is 0 Å². The Bertz CT molecular complexity index is 153. The molecule has 0 atom stereocenters. The summed E-state index contributed by atoms with van der Waals surface area (Å²) in [6, 6.07) is 0. The highest BCUT2D eigenvalue weighted by atomic mass is 79.9. The van der Waals surface area contributed by atoms with E-state index in [1.807, 2.05) is 0 Å². The van der Waals surface area contributed by atoms with Crippen LogP contribution in [0.3, 0.4) is 0 Å². The predicted molar refractivity (Wildman–Crippen MR) is 69.7 cm³/mol. The predicted octanol–water partition coefficient (Wildman–Crippen LogP) is 4.68.